The predicted molar refractivity (Wildman–Crippen MR) is 98.8 cm³/mol. The Balaban J connectivity index is 2.10. The Kier molecular flexibility index (Phi) is 5.30. The molecule has 5 nitrogen and oxygen atoms in total. The lowest BCUT2D eigenvalue weighted by atomic mass is 9.92. The van der Waals surface area contributed by atoms with Gasteiger partial charge in [0.15, 0.2) is 0 Å². The molecule has 0 saturated heterocycles. The number of halogens is 1. The van der Waals surface area contributed by atoms with Gasteiger partial charge in [-0.1, -0.05) is 19.1 Å². The Morgan fingerprint density at radius 1 is 1.23 bits per heavy atom. The van der Waals surface area contributed by atoms with Crippen molar-refractivity contribution in [1.29, 1.82) is 0 Å². The molecule has 26 heavy (non-hydrogen) atoms. The van der Waals surface area contributed by atoms with Crippen LogP contribution in [0.25, 0.3) is 11.3 Å². The van der Waals surface area contributed by atoms with Crippen molar-refractivity contribution in [3.8, 4) is 17.0 Å². The lowest BCUT2D eigenvalue weighted by Crippen LogP contribution is -2.01. The summed E-state index contributed by atoms with van der Waals surface area (Å²) in [5.74, 6) is 0.622. The second kappa shape index (κ2) is 7.64. The fourth-order valence-corrected chi connectivity index (χ4v) is 2.97. The van der Waals surface area contributed by atoms with Crippen LogP contribution in [0.2, 0.25) is 0 Å². The molecule has 6 heteroatoms. The van der Waals surface area contributed by atoms with E-state index in [1.54, 1.807) is 30.1 Å². The lowest BCUT2D eigenvalue weighted by Gasteiger charge is -2.16. The third-order valence-corrected chi connectivity index (χ3v) is 4.35. The van der Waals surface area contributed by atoms with E-state index in [0.29, 0.717) is 12.2 Å². The van der Waals surface area contributed by atoms with Crippen molar-refractivity contribution < 1.29 is 9.13 Å². The maximum atomic E-state index is 13.8. The second-order valence-corrected chi connectivity index (χ2v) is 6.51. The highest BCUT2D eigenvalue weighted by molar-refractivity contribution is 5.68. The van der Waals surface area contributed by atoms with E-state index in [-0.39, 0.29) is 11.7 Å². The maximum absolute atomic E-state index is 13.8. The first-order chi connectivity index (χ1) is 12.5. The smallest absolute Gasteiger partial charge is 0.137 e. The zero-order chi connectivity index (χ0) is 18.7. The topological polar surface area (TPSA) is 52.8 Å². The number of methoxy groups -OCH3 is 1. The summed E-state index contributed by atoms with van der Waals surface area (Å²) < 4.78 is 20.9. The molecule has 136 valence electrons. The molecule has 1 aromatic carbocycles. The van der Waals surface area contributed by atoms with Crippen molar-refractivity contribution in [2.45, 2.75) is 39.7 Å². The van der Waals surface area contributed by atoms with Crippen molar-refractivity contribution in [1.82, 2.24) is 20.0 Å². The molecule has 0 saturated carbocycles. The summed E-state index contributed by atoms with van der Waals surface area (Å²) in [6, 6.07) is 6.82. The first-order valence-corrected chi connectivity index (χ1v) is 8.73. The predicted octanol–water partition coefficient (Wildman–Crippen LogP) is 4.22. The Bertz CT molecular complexity index is 905. The van der Waals surface area contributed by atoms with Gasteiger partial charge in [-0.2, -0.15) is 0 Å². The van der Waals surface area contributed by atoms with Crippen molar-refractivity contribution in [3.63, 3.8) is 0 Å². The quantitative estimate of drug-likeness (QED) is 0.665. The molecule has 3 aromatic rings. The zero-order valence-corrected chi connectivity index (χ0v) is 15.5. The van der Waals surface area contributed by atoms with Crippen LogP contribution in [-0.2, 0) is 13.0 Å². The molecule has 0 unspecified atom stereocenters. The van der Waals surface area contributed by atoms with Crippen molar-refractivity contribution in [3.05, 3.63) is 59.3 Å². The highest BCUT2D eigenvalue weighted by atomic mass is 19.1. The van der Waals surface area contributed by atoms with Crippen molar-refractivity contribution >= 4 is 0 Å². The van der Waals surface area contributed by atoms with Gasteiger partial charge in [-0.05, 0) is 48.2 Å². The summed E-state index contributed by atoms with van der Waals surface area (Å²) in [6.45, 7) is 6.89. The van der Waals surface area contributed by atoms with Gasteiger partial charge in [-0.3, -0.25) is 9.67 Å². The first-order valence-electron chi connectivity index (χ1n) is 8.73. The lowest BCUT2D eigenvalue weighted by molar-refractivity contribution is 0.412. The maximum Gasteiger partial charge on any atom is 0.137 e. The number of aromatic nitrogens is 4. The Morgan fingerprint density at radius 2 is 2.04 bits per heavy atom. The molecule has 0 aliphatic carbocycles. The second-order valence-electron chi connectivity index (χ2n) is 6.51. The van der Waals surface area contributed by atoms with Crippen LogP contribution in [0.3, 0.4) is 0 Å². The molecule has 0 bridgehead atoms. The average Bonchev–Trinajstić information content (AvgIpc) is 3.09. The molecule has 2 heterocycles. The van der Waals surface area contributed by atoms with Gasteiger partial charge >= 0.3 is 0 Å². The monoisotopic (exact) mass is 354 g/mol. The number of ether oxygens (including phenoxy) is 1. The summed E-state index contributed by atoms with van der Waals surface area (Å²) in [5.41, 5.74) is 4.51. The minimum absolute atomic E-state index is 0.179. The van der Waals surface area contributed by atoms with E-state index in [2.05, 4.69) is 15.3 Å². The van der Waals surface area contributed by atoms with Gasteiger partial charge in [-0.25, -0.2) is 4.39 Å². The Morgan fingerprint density at radius 3 is 2.69 bits per heavy atom. The highest BCUT2D eigenvalue weighted by Crippen LogP contribution is 2.33. The number of rotatable bonds is 6. The van der Waals surface area contributed by atoms with E-state index in [4.69, 9.17) is 4.74 Å². The third kappa shape index (κ3) is 3.74. The van der Waals surface area contributed by atoms with Gasteiger partial charge < -0.3 is 4.74 Å². The van der Waals surface area contributed by atoms with Gasteiger partial charge in [0.2, 0.25) is 0 Å². The van der Waals surface area contributed by atoms with E-state index in [9.17, 15) is 4.39 Å². The average molecular weight is 354 g/mol. The molecular formula is C20H23FN4O. The van der Waals surface area contributed by atoms with E-state index < -0.39 is 0 Å². The van der Waals surface area contributed by atoms with Gasteiger partial charge in [-0.15, -0.1) is 5.10 Å². The minimum atomic E-state index is -0.238. The molecule has 0 fully saturated rings. The number of nitrogens with zero attached hydrogens (tertiary/aromatic N) is 4. The van der Waals surface area contributed by atoms with Crippen LogP contribution in [0, 0.1) is 5.82 Å². The zero-order valence-electron chi connectivity index (χ0n) is 15.5. The number of hydrogen-bond acceptors (Lipinski definition) is 4. The first kappa shape index (κ1) is 18.0. The van der Waals surface area contributed by atoms with Gasteiger partial charge in [0.05, 0.1) is 24.7 Å². The molecule has 0 amide bonds. The summed E-state index contributed by atoms with van der Waals surface area (Å²) in [7, 11) is 1.62. The van der Waals surface area contributed by atoms with Gasteiger partial charge in [0, 0.05) is 24.7 Å². The molecule has 0 aliphatic heterocycles. The van der Waals surface area contributed by atoms with Crippen LogP contribution in [0.15, 0.2) is 36.7 Å². The number of hydrogen-bond donors (Lipinski definition) is 0. The number of aryl methyl sites for hydroxylation is 1. The van der Waals surface area contributed by atoms with Crippen LogP contribution in [0.5, 0.6) is 5.75 Å². The molecule has 0 aliphatic rings. The van der Waals surface area contributed by atoms with Crippen LogP contribution >= 0.6 is 0 Å². The van der Waals surface area contributed by atoms with Crippen LogP contribution in [-0.4, -0.2) is 27.1 Å². The van der Waals surface area contributed by atoms with Crippen LogP contribution in [0.1, 0.15) is 43.5 Å². The molecule has 0 N–H and O–H groups in total. The van der Waals surface area contributed by atoms with E-state index in [0.717, 1.165) is 34.6 Å². The third-order valence-electron chi connectivity index (χ3n) is 4.35. The summed E-state index contributed by atoms with van der Waals surface area (Å²) >= 11 is 0. The summed E-state index contributed by atoms with van der Waals surface area (Å²) in [6.07, 6.45) is 4.20. The van der Waals surface area contributed by atoms with E-state index in [1.165, 1.54) is 6.07 Å². The molecule has 0 atom stereocenters. The molecule has 0 spiro atoms. The van der Waals surface area contributed by atoms with E-state index >= 15 is 0 Å². The molecule has 2 aromatic heterocycles. The number of pyridine rings is 1. The van der Waals surface area contributed by atoms with Crippen LogP contribution < -0.4 is 4.74 Å². The van der Waals surface area contributed by atoms with E-state index in [1.807, 2.05) is 33.0 Å². The van der Waals surface area contributed by atoms with Gasteiger partial charge in [0.1, 0.15) is 11.6 Å². The van der Waals surface area contributed by atoms with Crippen molar-refractivity contribution in [2.75, 3.05) is 7.11 Å². The fraction of sp³-hybridized carbons (Fsp3) is 0.350. The Labute approximate surface area is 152 Å². The molecule has 0 radical (unpaired) electrons. The molecule has 3 rings (SSSR count). The van der Waals surface area contributed by atoms with Crippen LogP contribution in [0.4, 0.5) is 4.39 Å². The number of benzene rings is 1. The minimum Gasteiger partial charge on any atom is -0.495 e. The molecular weight excluding hydrogens is 331 g/mol. The normalized spacial score (nSPS) is 11.2. The Hall–Kier alpha value is -2.76. The van der Waals surface area contributed by atoms with Crippen molar-refractivity contribution in [2.24, 2.45) is 0 Å². The summed E-state index contributed by atoms with van der Waals surface area (Å²) in [5, 5.41) is 8.33. The SMILES string of the molecule is CCn1cc(Cc2cc(OC)cnc2-c2ccc(F)cc2C(C)C)nn1. The fourth-order valence-electron chi connectivity index (χ4n) is 2.97. The largest absolute Gasteiger partial charge is 0.495 e. The highest BCUT2D eigenvalue weighted by Gasteiger charge is 2.16. The van der Waals surface area contributed by atoms with Gasteiger partial charge in [0.25, 0.3) is 0 Å². The summed E-state index contributed by atoms with van der Waals surface area (Å²) in [4.78, 5) is 4.61. The standard InChI is InChI=1S/C20H23FN4O/c1-5-25-12-16(23-24-25)8-14-9-17(26-4)11-22-20(14)18-7-6-15(21)10-19(18)13(2)3/h6-7,9-13H,5,8H2,1-4H3.